The molecule has 0 atom stereocenters. The van der Waals surface area contributed by atoms with Crippen LogP contribution in [0.2, 0.25) is 0 Å². The lowest BCUT2D eigenvalue weighted by Crippen LogP contribution is -1.83. The molecule has 5 nitrogen and oxygen atoms in total. The normalized spacial score (nSPS) is 10.7. The number of hydrogen-bond donors (Lipinski definition) is 2. The topological polar surface area (TPSA) is 79.4 Å². The Hall–Kier alpha value is -2.82. The highest BCUT2D eigenvalue weighted by Gasteiger charge is 2.14. The molecule has 2 N–H and O–H groups in total. The summed E-state index contributed by atoms with van der Waals surface area (Å²) in [5, 5.41) is 23.2. The van der Waals surface area contributed by atoms with Crippen molar-refractivity contribution in [3.63, 3.8) is 0 Å². The Balaban J connectivity index is 2.04. The summed E-state index contributed by atoms with van der Waals surface area (Å²) in [6.07, 6.45) is 0. The van der Waals surface area contributed by atoms with Gasteiger partial charge in [-0.05, 0) is 31.2 Å². The van der Waals surface area contributed by atoms with E-state index < -0.39 is 0 Å². The molecule has 0 radical (unpaired) electrons. The van der Waals surface area contributed by atoms with Gasteiger partial charge in [0.15, 0.2) is 0 Å². The predicted octanol–water partition coefficient (Wildman–Crippen LogP) is 3.12. The van der Waals surface area contributed by atoms with Crippen LogP contribution in [0.3, 0.4) is 0 Å². The van der Waals surface area contributed by atoms with Gasteiger partial charge in [0.05, 0.1) is 5.56 Å². The van der Waals surface area contributed by atoms with Gasteiger partial charge in [0.1, 0.15) is 11.5 Å². The minimum absolute atomic E-state index is 0.0849. The van der Waals surface area contributed by atoms with Crippen LogP contribution < -0.4 is 0 Å². The van der Waals surface area contributed by atoms with E-state index in [1.54, 1.807) is 42.5 Å². The first-order valence-electron chi connectivity index (χ1n) is 6.06. The number of nitrogens with zero attached hydrogens (tertiary/aromatic N) is 2. The molecule has 100 valence electrons. The first-order chi connectivity index (χ1) is 9.63. The maximum Gasteiger partial charge on any atom is 0.262 e. The fourth-order valence-electron chi connectivity index (χ4n) is 1.92. The van der Waals surface area contributed by atoms with E-state index in [1.165, 1.54) is 0 Å². The van der Waals surface area contributed by atoms with Crippen LogP contribution in [0.5, 0.6) is 11.5 Å². The van der Waals surface area contributed by atoms with E-state index in [0.717, 1.165) is 5.56 Å². The van der Waals surface area contributed by atoms with Gasteiger partial charge >= 0.3 is 0 Å². The van der Waals surface area contributed by atoms with Crippen LogP contribution in [0.1, 0.15) is 5.56 Å². The monoisotopic (exact) mass is 268 g/mol. The van der Waals surface area contributed by atoms with Gasteiger partial charge in [-0.15, -0.1) is 0 Å². The second-order valence-electron chi connectivity index (χ2n) is 4.49. The van der Waals surface area contributed by atoms with Crippen LogP contribution in [0.15, 0.2) is 47.0 Å². The largest absolute Gasteiger partial charge is 0.508 e. The van der Waals surface area contributed by atoms with Crippen molar-refractivity contribution in [1.82, 2.24) is 10.1 Å². The van der Waals surface area contributed by atoms with Crippen LogP contribution in [0.25, 0.3) is 22.8 Å². The lowest BCUT2D eigenvalue weighted by atomic mass is 10.1. The van der Waals surface area contributed by atoms with Gasteiger partial charge in [-0.3, -0.25) is 0 Å². The standard InChI is InChI=1S/C15H12N2O3/c1-9-5-6-13(19)12(7-9)15-16-14(17-20-15)10-3-2-4-11(18)8-10/h2-8,18-19H,1H3. The summed E-state index contributed by atoms with van der Waals surface area (Å²) in [6, 6.07) is 11.7. The molecule has 0 aliphatic heterocycles. The summed E-state index contributed by atoms with van der Waals surface area (Å²) < 4.78 is 5.18. The van der Waals surface area contributed by atoms with Crippen molar-refractivity contribution in [2.45, 2.75) is 6.92 Å². The van der Waals surface area contributed by atoms with Gasteiger partial charge in [-0.25, -0.2) is 0 Å². The van der Waals surface area contributed by atoms with E-state index in [-0.39, 0.29) is 17.4 Å². The van der Waals surface area contributed by atoms with Gasteiger partial charge in [0.25, 0.3) is 5.89 Å². The van der Waals surface area contributed by atoms with Crippen molar-refractivity contribution in [2.24, 2.45) is 0 Å². The Bertz CT molecular complexity index is 765. The quantitative estimate of drug-likeness (QED) is 0.746. The van der Waals surface area contributed by atoms with E-state index in [2.05, 4.69) is 10.1 Å². The van der Waals surface area contributed by atoms with Crippen LogP contribution in [0, 0.1) is 6.92 Å². The smallest absolute Gasteiger partial charge is 0.262 e. The average Bonchev–Trinajstić information content (AvgIpc) is 2.91. The van der Waals surface area contributed by atoms with Gasteiger partial charge in [0, 0.05) is 5.56 Å². The van der Waals surface area contributed by atoms with Gasteiger partial charge in [-0.1, -0.05) is 28.9 Å². The maximum absolute atomic E-state index is 9.84. The Labute approximate surface area is 115 Å². The van der Waals surface area contributed by atoms with Gasteiger partial charge in [-0.2, -0.15) is 4.98 Å². The third-order valence-corrected chi connectivity index (χ3v) is 2.91. The molecule has 1 heterocycles. The highest BCUT2D eigenvalue weighted by atomic mass is 16.5. The van der Waals surface area contributed by atoms with Crippen LogP contribution in [-0.2, 0) is 0 Å². The number of benzene rings is 2. The molecule has 3 rings (SSSR count). The summed E-state index contributed by atoms with van der Waals surface area (Å²) in [4.78, 5) is 4.24. The molecular weight excluding hydrogens is 256 g/mol. The first kappa shape index (κ1) is 12.2. The van der Waals surface area contributed by atoms with E-state index in [9.17, 15) is 10.2 Å². The molecular formula is C15H12N2O3. The molecule has 0 unspecified atom stereocenters. The predicted molar refractivity (Wildman–Crippen MR) is 73.2 cm³/mol. The summed E-state index contributed by atoms with van der Waals surface area (Å²) >= 11 is 0. The molecule has 0 saturated carbocycles. The van der Waals surface area contributed by atoms with Crippen LogP contribution >= 0.6 is 0 Å². The second kappa shape index (κ2) is 4.70. The number of phenolic OH excluding ortho intramolecular Hbond substituents is 2. The zero-order valence-electron chi connectivity index (χ0n) is 10.7. The zero-order chi connectivity index (χ0) is 14.1. The van der Waals surface area contributed by atoms with Crippen LogP contribution in [-0.4, -0.2) is 20.4 Å². The SMILES string of the molecule is Cc1ccc(O)c(-c2nc(-c3cccc(O)c3)no2)c1. The minimum atomic E-state index is 0.0849. The molecule has 0 saturated heterocycles. The summed E-state index contributed by atoms with van der Waals surface area (Å²) in [5.41, 5.74) is 2.12. The van der Waals surface area contributed by atoms with E-state index >= 15 is 0 Å². The maximum atomic E-state index is 9.84. The van der Waals surface area contributed by atoms with Crippen molar-refractivity contribution in [3.8, 4) is 34.3 Å². The molecule has 20 heavy (non-hydrogen) atoms. The highest BCUT2D eigenvalue weighted by Crippen LogP contribution is 2.30. The van der Waals surface area contributed by atoms with Crippen molar-refractivity contribution < 1.29 is 14.7 Å². The third-order valence-electron chi connectivity index (χ3n) is 2.91. The van der Waals surface area contributed by atoms with Gasteiger partial charge in [0.2, 0.25) is 5.82 Å². The Morgan fingerprint density at radius 1 is 1.05 bits per heavy atom. The molecule has 0 fully saturated rings. The van der Waals surface area contributed by atoms with Crippen molar-refractivity contribution >= 4 is 0 Å². The third kappa shape index (κ3) is 2.21. The fraction of sp³-hybridized carbons (Fsp3) is 0.0667. The second-order valence-corrected chi connectivity index (χ2v) is 4.49. The highest BCUT2D eigenvalue weighted by molar-refractivity contribution is 5.66. The molecule has 2 aromatic carbocycles. The number of hydrogen-bond acceptors (Lipinski definition) is 5. The molecule has 1 aromatic heterocycles. The molecule has 0 aliphatic rings. The summed E-state index contributed by atoms with van der Waals surface area (Å²) in [7, 11) is 0. The van der Waals surface area contributed by atoms with Crippen molar-refractivity contribution in [2.75, 3.05) is 0 Å². The number of aryl methyl sites for hydroxylation is 1. The summed E-state index contributed by atoms with van der Waals surface area (Å²) in [6.45, 7) is 1.91. The van der Waals surface area contributed by atoms with Crippen molar-refractivity contribution in [3.05, 3.63) is 48.0 Å². The lowest BCUT2D eigenvalue weighted by Gasteiger charge is -2.00. The van der Waals surface area contributed by atoms with Gasteiger partial charge < -0.3 is 14.7 Å². The number of aromatic nitrogens is 2. The molecule has 0 bridgehead atoms. The Kier molecular flexibility index (Phi) is 2.87. The molecule has 0 amide bonds. The average molecular weight is 268 g/mol. The number of rotatable bonds is 2. The van der Waals surface area contributed by atoms with Crippen LogP contribution in [0.4, 0.5) is 0 Å². The minimum Gasteiger partial charge on any atom is -0.508 e. The van der Waals surface area contributed by atoms with E-state index in [4.69, 9.17) is 4.52 Å². The molecule has 0 aliphatic carbocycles. The Morgan fingerprint density at radius 2 is 1.90 bits per heavy atom. The van der Waals surface area contributed by atoms with E-state index in [0.29, 0.717) is 17.0 Å². The van der Waals surface area contributed by atoms with Crippen molar-refractivity contribution in [1.29, 1.82) is 0 Å². The number of phenols is 2. The zero-order valence-corrected chi connectivity index (χ0v) is 10.7. The first-order valence-corrected chi connectivity index (χ1v) is 6.06. The van der Waals surface area contributed by atoms with E-state index in [1.807, 2.05) is 6.92 Å². The lowest BCUT2D eigenvalue weighted by molar-refractivity contribution is 0.425. The number of aromatic hydroxyl groups is 2. The Morgan fingerprint density at radius 3 is 2.70 bits per heavy atom. The fourth-order valence-corrected chi connectivity index (χ4v) is 1.92. The summed E-state index contributed by atoms with van der Waals surface area (Å²) in [5.74, 6) is 0.815. The molecule has 3 aromatic rings. The molecule has 5 heteroatoms. The molecule has 0 spiro atoms.